The molecule has 2 aromatic carbocycles. The molecule has 4 nitrogen and oxygen atoms in total. The molecule has 1 aliphatic heterocycles. The summed E-state index contributed by atoms with van der Waals surface area (Å²) in [5.74, 6) is 0.648. The summed E-state index contributed by atoms with van der Waals surface area (Å²) < 4.78 is 6.26. The monoisotopic (exact) mass is 346 g/mol. The van der Waals surface area contributed by atoms with Crippen LogP contribution in [0.1, 0.15) is 17.2 Å². The van der Waals surface area contributed by atoms with Crippen molar-refractivity contribution in [2.75, 3.05) is 17.7 Å². The van der Waals surface area contributed by atoms with E-state index in [1.54, 1.807) is 7.11 Å². The van der Waals surface area contributed by atoms with Gasteiger partial charge < -0.3 is 15.4 Å². The van der Waals surface area contributed by atoms with Crippen LogP contribution in [0.2, 0.25) is 0 Å². The Kier molecular flexibility index (Phi) is 3.59. The predicted molar refractivity (Wildman–Crippen MR) is 86.9 cm³/mol. The Hall–Kier alpha value is -2.01. The fraction of sp³-hybridized carbons (Fsp3) is 0.188. The number of amides is 1. The molecule has 0 fully saturated rings. The van der Waals surface area contributed by atoms with Gasteiger partial charge in [0.05, 0.1) is 12.8 Å². The van der Waals surface area contributed by atoms with E-state index >= 15 is 0 Å². The van der Waals surface area contributed by atoms with Crippen molar-refractivity contribution in [3.63, 3.8) is 0 Å². The van der Waals surface area contributed by atoms with E-state index in [0.717, 1.165) is 27.0 Å². The Balaban J connectivity index is 2.00. The quantitative estimate of drug-likeness (QED) is 0.886. The number of carbonyl (C=O) groups excluding carboxylic acids is 1. The van der Waals surface area contributed by atoms with E-state index in [2.05, 4.69) is 26.6 Å². The average molecular weight is 347 g/mol. The molecule has 1 aliphatic rings. The molecule has 5 heteroatoms. The molecule has 0 bridgehead atoms. The Morgan fingerprint density at radius 3 is 2.86 bits per heavy atom. The van der Waals surface area contributed by atoms with Gasteiger partial charge in [-0.15, -0.1) is 0 Å². The maximum Gasteiger partial charge on any atom is 0.251 e. The summed E-state index contributed by atoms with van der Waals surface area (Å²) in [4.78, 5) is 12.2. The number of fused-ring (bicyclic) bond motifs is 1. The lowest BCUT2D eigenvalue weighted by atomic mass is 10.1. The van der Waals surface area contributed by atoms with E-state index in [0.29, 0.717) is 5.75 Å². The molecule has 0 aliphatic carbocycles. The smallest absolute Gasteiger partial charge is 0.251 e. The van der Waals surface area contributed by atoms with Gasteiger partial charge in [0.25, 0.3) is 5.91 Å². The highest BCUT2D eigenvalue weighted by Crippen LogP contribution is 2.39. The van der Waals surface area contributed by atoms with Crippen LogP contribution < -0.4 is 15.4 Å². The largest absolute Gasteiger partial charge is 0.495 e. The molecule has 0 aromatic heterocycles. The Morgan fingerprint density at radius 2 is 2.10 bits per heavy atom. The van der Waals surface area contributed by atoms with Gasteiger partial charge in [-0.05, 0) is 36.8 Å². The molecule has 1 unspecified atom stereocenters. The fourth-order valence-corrected chi connectivity index (χ4v) is 3.10. The van der Waals surface area contributed by atoms with Gasteiger partial charge in [0, 0.05) is 15.7 Å². The number of benzene rings is 2. The van der Waals surface area contributed by atoms with Gasteiger partial charge >= 0.3 is 0 Å². The van der Waals surface area contributed by atoms with Crippen LogP contribution in [0, 0.1) is 6.92 Å². The molecule has 1 heterocycles. The second kappa shape index (κ2) is 5.41. The first kappa shape index (κ1) is 13.9. The summed E-state index contributed by atoms with van der Waals surface area (Å²) >= 11 is 3.52. The summed E-state index contributed by atoms with van der Waals surface area (Å²) in [6, 6.07) is 11.1. The van der Waals surface area contributed by atoms with Gasteiger partial charge in [-0.1, -0.05) is 28.1 Å². The SMILES string of the molecule is COc1ccc(C)cc1NC1C(=O)Nc2cccc(Br)c21. The molecule has 108 valence electrons. The Morgan fingerprint density at radius 1 is 1.29 bits per heavy atom. The third-order valence-electron chi connectivity index (χ3n) is 3.52. The molecule has 1 atom stereocenters. The van der Waals surface area contributed by atoms with Crippen LogP contribution in [-0.2, 0) is 4.79 Å². The molecular weight excluding hydrogens is 332 g/mol. The molecule has 21 heavy (non-hydrogen) atoms. The first-order chi connectivity index (χ1) is 10.1. The van der Waals surface area contributed by atoms with Crippen molar-refractivity contribution in [1.29, 1.82) is 0 Å². The second-order valence-corrected chi connectivity index (χ2v) is 5.83. The van der Waals surface area contributed by atoms with Crippen LogP contribution >= 0.6 is 15.9 Å². The van der Waals surface area contributed by atoms with Crippen molar-refractivity contribution in [3.8, 4) is 5.75 Å². The predicted octanol–water partition coefficient (Wildman–Crippen LogP) is 3.87. The number of rotatable bonds is 3. The van der Waals surface area contributed by atoms with Crippen LogP contribution in [0.25, 0.3) is 0 Å². The number of methoxy groups -OCH3 is 1. The van der Waals surface area contributed by atoms with Crippen LogP contribution in [0.15, 0.2) is 40.9 Å². The molecule has 0 spiro atoms. The van der Waals surface area contributed by atoms with Gasteiger partial charge in [0.2, 0.25) is 0 Å². The summed E-state index contributed by atoms with van der Waals surface area (Å²) in [6.07, 6.45) is 0. The summed E-state index contributed by atoms with van der Waals surface area (Å²) in [7, 11) is 1.62. The lowest BCUT2D eigenvalue weighted by Gasteiger charge is -2.17. The number of carbonyl (C=O) groups is 1. The molecular formula is C16H15BrN2O2. The zero-order valence-corrected chi connectivity index (χ0v) is 13.3. The van der Waals surface area contributed by atoms with Crippen molar-refractivity contribution in [2.24, 2.45) is 0 Å². The van der Waals surface area contributed by atoms with Crippen molar-refractivity contribution in [3.05, 3.63) is 52.0 Å². The third kappa shape index (κ3) is 2.49. The minimum absolute atomic E-state index is 0.0690. The maximum absolute atomic E-state index is 12.2. The molecule has 3 rings (SSSR count). The Labute approximate surface area is 131 Å². The van der Waals surface area contributed by atoms with Gasteiger partial charge in [-0.25, -0.2) is 0 Å². The van der Waals surface area contributed by atoms with Gasteiger partial charge in [-0.2, -0.15) is 0 Å². The van der Waals surface area contributed by atoms with Gasteiger partial charge in [0.15, 0.2) is 0 Å². The highest BCUT2D eigenvalue weighted by Gasteiger charge is 2.32. The minimum Gasteiger partial charge on any atom is -0.495 e. The van der Waals surface area contributed by atoms with E-state index in [1.165, 1.54) is 0 Å². The zero-order valence-electron chi connectivity index (χ0n) is 11.7. The highest BCUT2D eigenvalue weighted by atomic mass is 79.9. The summed E-state index contributed by atoms with van der Waals surface area (Å²) in [6.45, 7) is 2.00. The first-order valence-electron chi connectivity index (χ1n) is 6.60. The molecule has 1 amide bonds. The second-order valence-electron chi connectivity index (χ2n) is 4.97. The molecule has 2 aromatic rings. The number of halogens is 1. The van der Waals surface area contributed by atoms with Crippen molar-refractivity contribution in [1.82, 2.24) is 0 Å². The Bertz CT molecular complexity index is 715. The number of anilines is 2. The van der Waals surface area contributed by atoms with Gasteiger partial charge in [-0.3, -0.25) is 4.79 Å². The van der Waals surface area contributed by atoms with E-state index in [9.17, 15) is 4.79 Å². The number of nitrogens with one attached hydrogen (secondary N) is 2. The van der Waals surface area contributed by atoms with Crippen molar-refractivity contribution < 1.29 is 9.53 Å². The van der Waals surface area contributed by atoms with Crippen LogP contribution in [-0.4, -0.2) is 13.0 Å². The van der Waals surface area contributed by atoms with Crippen LogP contribution in [0.5, 0.6) is 5.75 Å². The number of hydrogen-bond donors (Lipinski definition) is 2. The fourth-order valence-electron chi connectivity index (χ4n) is 2.50. The topological polar surface area (TPSA) is 50.4 Å². The van der Waals surface area contributed by atoms with E-state index in [4.69, 9.17) is 4.74 Å². The van der Waals surface area contributed by atoms with Crippen LogP contribution in [0.3, 0.4) is 0 Å². The van der Waals surface area contributed by atoms with Gasteiger partial charge in [0.1, 0.15) is 11.8 Å². The highest BCUT2D eigenvalue weighted by molar-refractivity contribution is 9.10. The first-order valence-corrected chi connectivity index (χ1v) is 7.40. The van der Waals surface area contributed by atoms with Crippen molar-refractivity contribution >= 4 is 33.2 Å². The summed E-state index contributed by atoms with van der Waals surface area (Å²) in [5.41, 5.74) is 3.66. The number of ether oxygens (including phenoxy) is 1. The zero-order chi connectivity index (χ0) is 15.0. The third-order valence-corrected chi connectivity index (χ3v) is 4.21. The summed E-state index contributed by atoms with van der Waals surface area (Å²) in [5, 5.41) is 6.17. The maximum atomic E-state index is 12.2. The molecule has 0 saturated heterocycles. The van der Waals surface area contributed by atoms with E-state index in [1.807, 2.05) is 43.3 Å². The number of hydrogen-bond acceptors (Lipinski definition) is 3. The molecule has 0 radical (unpaired) electrons. The molecule has 2 N–H and O–H groups in total. The van der Waals surface area contributed by atoms with Crippen molar-refractivity contribution in [2.45, 2.75) is 13.0 Å². The average Bonchev–Trinajstić information content (AvgIpc) is 2.77. The minimum atomic E-state index is -0.439. The standard InChI is InChI=1S/C16H15BrN2O2/c1-9-6-7-13(21-2)12(8-9)18-15-14-10(17)4-3-5-11(14)19-16(15)20/h3-8,15,18H,1-2H3,(H,19,20). The lowest BCUT2D eigenvalue weighted by molar-refractivity contribution is -0.116. The van der Waals surface area contributed by atoms with E-state index < -0.39 is 6.04 Å². The normalized spacial score (nSPS) is 16.3. The van der Waals surface area contributed by atoms with E-state index in [-0.39, 0.29) is 5.91 Å². The molecule has 0 saturated carbocycles. The number of aryl methyl sites for hydroxylation is 1. The lowest BCUT2D eigenvalue weighted by Crippen LogP contribution is -2.20. The van der Waals surface area contributed by atoms with Crippen LogP contribution in [0.4, 0.5) is 11.4 Å².